The number of nitrogens with one attached hydrogen (secondary N) is 2. The zero-order valence-corrected chi connectivity index (χ0v) is 19.6. The average molecular weight is 476 g/mol. The minimum absolute atomic E-state index is 0.0550. The molecule has 2 aromatic carbocycles. The van der Waals surface area contributed by atoms with Gasteiger partial charge in [-0.1, -0.05) is 59.4 Å². The van der Waals surface area contributed by atoms with Crippen LogP contribution in [-0.4, -0.2) is 68.2 Å². The van der Waals surface area contributed by atoms with Gasteiger partial charge < -0.3 is 10.2 Å². The largest absolute Gasteiger partial charge is 0.346 e. The highest BCUT2D eigenvalue weighted by molar-refractivity contribution is 7.13. The number of rotatable bonds is 6. The van der Waals surface area contributed by atoms with Gasteiger partial charge in [-0.15, -0.1) is 10.2 Å². The molecule has 9 nitrogen and oxygen atoms in total. The fraction of sp³-hybridized carbons (Fsp3) is 0.292. The summed E-state index contributed by atoms with van der Waals surface area (Å²) in [5.74, 6) is -0.272. The zero-order chi connectivity index (χ0) is 23.5. The molecule has 1 saturated heterocycles. The predicted molar refractivity (Wildman–Crippen MR) is 130 cm³/mol. The second-order valence-electron chi connectivity index (χ2n) is 8.36. The van der Waals surface area contributed by atoms with Gasteiger partial charge >= 0.3 is 0 Å². The number of nitrogens with zero attached hydrogens (tertiary/aromatic N) is 5. The lowest BCUT2D eigenvalue weighted by Gasteiger charge is -2.33. The standard InChI is InChI=1S/C24H25N7O2S/c1-16-6-8-17(9-7-16)14-25-22(32)23-29-27-20(34-23)15-30-10-12-31(13-11-30)24(33)21-18-4-2-3-5-19(18)26-28-21/h2-9H,10-15H2,1H3,(H,25,32)(H,26,28). The minimum Gasteiger partial charge on any atom is -0.346 e. The van der Waals surface area contributed by atoms with Crippen molar-refractivity contribution in [1.29, 1.82) is 0 Å². The number of hydrogen-bond acceptors (Lipinski definition) is 7. The lowest BCUT2D eigenvalue weighted by Crippen LogP contribution is -2.48. The lowest BCUT2D eigenvalue weighted by molar-refractivity contribution is 0.0624. The van der Waals surface area contributed by atoms with E-state index < -0.39 is 0 Å². The summed E-state index contributed by atoms with van der Waals surface area (Å²) in [4.78, 5) is 29.5. The molecule has 0 aliphatic carbocycles. The number of carbonyl (C=O) groups is 2. The molecule has 0 spiro atoms. The Hall–Kier alpha value is -3.63. The fourth-order valence-corrected chi connectivity index (χ4v) is 4.75. The van der Waals surface area contributed by atoms with Crippen molar-refractivity contribution in [3.8, 4) is 0 Å². The number of H-pyrrole nitrogens is 1. The average Bonchev–Trinajstić information content (AvgIpc) is 3.51. The van der Waals surface area contributed by atoms with Crippen LogP contribution in [-0.2, 0) is 13.1 Å². The molecule has 0 atom stereocenters. The van der Waals surface area contributed by atoms with E-state index in [1.807, 2.05) is 60.4 Å². The Bertz CT molecular complexity index is 1310. The molecule has 1 aliphatic rings. The van der Waals surface area contributed by atoms with E-state index in [4.69, 9.17) is 0 Å². The third kappa shape index (κ3) is 4.82. The number of para-hydroxylation sites is 1. The molecule has 10 heteroatoms. The molecule has 0 radical (unpaired) electrons. The van der Waals surface area contributed by atoms with Crippen LogP contribution in [0.5, 0.6) is 0 Å². The van der Waals surface area contributed by atoms with Gasteiger partial charge in [0.25, 0.3) is 11.8 Å². The highest BCUT2D eigenvalue weighted by Gasteiger charge is 2.26. The van der Waals surface area contributed by atoms with Crippen LogP contribution < -0.4 is 5.32 Å². The molecule has 2 amide bonds. The summed E-state index contributed by atoms with van der Waals surface area (Å²) in [6.07, 6.45) is 0. The highest BCUT2D eigenvalue weighted by Crippen LogP contribution is 2.19. The number of amides is 2. The van der Waals surface area contributed by atoms with Gasteiger partial charge in [0.05, 0.1) is 12.1 Å². The van der Waals surface area contributed by atoms with Crippen molar-refractivity contribution >= 4 is 34.1 Å². The summed E-state index contributed by atoms with van der Waals surface area (Å²) in [5.41, 5.74) is 3.55. The first-order chi connectivity index (χ1) is 16.6. The zero-order valence-electron chi connectivity index (χ0n) is 18.8. The molecule has 3 heterocycles. The minimum atomic E-state index is -0.217. The summed E-state index contributed by atoms with van der Waals surface area (Å²) in [5, 5.41) is 20.3. The second kappa shape index (κ2) is 9.70. The monoisotopic (exact) mass is 475 g/mol. The van der Waals surface area contributed by atoms with Crippen molar-refractivity contribution in [3.63, 3.8) is 0 Å². The van der Waals surface area contributed by atoms with Gasteiger partial charge in [0.15, 0.2) is 5.69 Å². The molecular formula is C24H25N7O2S. The van der Waals surface area contributed by atoms with Gasteiger partial charge in [-0.3, -0.25) is 19.6 Å². The van der Waals surface area contributed by atoms with E-state index in [0.717, 1.165) is 34.6 Å². The number of aryl methyl sites for hydroxylation is 1. The van der Waals surface area contributed by atoms with E-state index in [1.54, 1.807) is 0 Å². The maximum atomic E-state index is 13.0. The molecule has 0 saturated carbocycles. The fourth-order valence-electron chi connectivity index (χ4n) is 3.95. The van der Waals surface area contributed by atoms with Gasteiger partial charge in [-0.2, -0.15) is 5.10 Å². The summed E-state index contributed by atoms with van der Waals surface area (Å²) in [6, 6.07) is 15.7. The molecular weight excluding hydrogens is 450 g/mol. The Morgan fingerprint density at radius 2 is 1.79 bits per heavy atom. The van der Waals surface area contributed by atoms with E-state index in [-0.39, 0.29) is 11.8 Å². The van der Waals surface area contributed by atoms with Crippen LogP contribution in [0.1, 0.15) is 36.4 Å². The third-order valence-corrected chi connectivity index (χ3v) is 6.83. The maximum absolute atomic E-state index is 13.0. The molecule has 4 aromatic rings. The Balaban J connectivity index is 1.12. The smallest absolute Gasteiger partial charge is 0.282 e. The Morgan fingerprint density at radius 1 is 1.03 bits per heavy atom. The highest BCUT2D eigenvalue weighted by atomic mass is 32.1. The molecule has 5 rings (SSSR count). The Kier molecular flexibility index (Phi) is 6.33. The van der Waals surface area contributed by atoms with E-state index in [1.165, 1.54) is 16.9 Å². The first-order valence-electron chi connectivity index (χ1n) is 11.2. The van der Waals surface area contributed by atoms with E-state index in [2.05, 4.69) is 30.6 Å². The van der Waals surface area contributed by atoms with E-state index in [9.17, 15) is 9.59 Å². The number of aromatic amines is 1. The Morgan fingerprint density at radius 3 is 2.59 bits per heavy atom. The van der Waals surface area contributed by atoms with Gasteiger partial charge in [0, 0.05) is 38.1 Å². The number of aromatic nitrogens is 4. The van der Waals surface area contributed by atoms with Gasteiger partial charge in [0.2, 0.25) is 5.01 Å². The van der Waals surface area contributed by atoms with Crippen LogP contribution in [0.2, 0.25) is 0 Å². The van der Waals surface area contributed by atoms with Crippen molar-refractivity contribution in [2.45, 2.75) is 20.0 Å². The molecule has 2 N–H and O–H groups in total. The van der Waals surface area contributed by atoms with Gasteiger partial charge in [-0.05, 0) is 18.6 Å². The van der Waals surface area contributed by atoms with Crippen molar-refractivity contribution < 1.29 is 9.59 Å². The topological polar surface area (TPSA) is 107 Å². The van der Waals surface area contributed by atoms with E-state index in [0.29, 0.717) is 36.9 Å². The first kappa shape index (κ1) is 22.2. The van der Waals surface area contributed by atoms with Crippen molar-refractivity contribution in [1.82, 2.24) is 35.5 Å². The molecule has 2 aromatic heterocycles. The van der Waals surface area contributed by atoms with Crippen LogP contribution in [0.25, 0.3) is 10.9 Å². The predicted octanol–water partition coefficient (Wildman–Crippen LogP) is 2.61. The SMILES string of the molecule is Cc1ccc(CNC(=O)c2nnc(CN3CCN(C(=O)c4n[nH]c5ccccc45)CC3)s2)cc1. The van der Waals surface area contributed by atoms with E-state index >= 15 is 0 Å². The van der Waals surface area contributed by atoms with Crippen molar-refractivity contribution in [2.24, 2.45) is 0 Å². The molecule has 34 heavy (non-hydrogen) atoms. The number of benzene rings is 2. The molecule has 0 bridgehead atoms. The second-order valence-corrected chi connectivity index (χ2v) is 9.42. The molecule has 0 unspecified atom stereocenters. The van der Waals surface area contributed by atoms with Crippen molar-refractivity contribution in [2.75, 3.05) is 26.2 Å². The van der Waals surface area contributed by atoms with Crippen LogP contribution in [0.4, 0.5) is 0 Å². The quantitative estimate of drug-likeness (QED) is 0.444. The number of hydrogen-bond donors (Lipinski definition) is 2. The van der Waals surface area contributed by atoms with Gasteiger partial charge in [0.1, 0.15) is 5.01 Å². The summed E-state index contributed by atoms with van der Waals surface area (Å²) >= 11 is 1.31. The lowest BCUT2D eigenvalue weighted by atomic mass is 10.1. The number of carbonyl (C=O) groups excluding carboxylic acids is 2. The molecule has 174 valence electrons. The van der Waals surface area contributed by atoms with Crippen LogP contribution in [0.3, 0.4) is 0 Å². The number of fused-ring (bicyclic) bond motifs is 1. The number of piperazine rings is 1. The summed E-state index contributed by atoms with van der Waals surface area (Å²) in [6.45, 7) is 5.77. The molecule has 1 aliphatic heterocycles. The summed E-state index contributed by atoms with van der Waals surface area (Å²) in [7, 11) is 0. The van der Waals surface area contributed by atoms with Gasteiger partial charge in [-0.25, -0.2) is 0 Å². The van der Waals surface area contributed by atoms with Crippen LogP contribution in [0, 0.1) is 6.92 Å². The van der Waals surface area contributed by atoms with Crippen LogP contribution >= 0.6 is 11.3 Å². The normalized spacial score (nSPS) is 14.4. The van der Waals surface area contributed by atoms with Crippen molar-refractivity contribution in [3.05, 3.63) is 75.4 Å². The third-order valence-electron chi connectivity index (χ3n) is 5.93. The molecule has 1 fully saturated rings. The first-order valence-corrected chi connectivity index (χ1v) is 12.0. The Labute approximate surface area is 200 Å². The van der Waals surface area contributed by atoms with Crippen LogP contribution in [0.15, 0.2) is 48.5 Å². The summed E-state index contributed by atoms with van der Waals surface area (Å²) < 4.78 is 0. The maximum Gasteiger partial charge on any atom is 0.282 e.